The second-order valence-corrected chi connectivity index (χ2v) is 3.66. The number of pyridine rings is 1. The molecule has 0 atom stereocenters. The molecule has 1 aromatic heterocycles. The number of halogens is 2. The summed E-state index contributed by atoms with van der Waals surface area (Å²) in [5.74, 6) is -2.97. The van der Waals surface area contributed by atoms with Crippen LogP contribution in [0.15, 0.2) is 30.5 Å². The summed E-state index contributed by atoms with van der Waals surface area (Å²) in [4.78, 5) is 14.9. The number of hydrogen-bond donors (Lipinski definition) is 2. The number of primary amides is 1. The summed E-state index contributed by atoms with van der Waals surface area (Å²) >= 11 is 0. The zero-order valence-corrected chi connectivity index (χ0v) is 9.56. The molecule has 7 heteroatoms. The van der Waals surface area contributed by atoms with Crippen molar-refractivity contribution >= 4 is 11.6 Å². The van der Waals surface area contributed by atoms with E-state index < -0.39 is 17.5 Å². The number of aromatic nitrogens is 1. The number of rotatable bonds is 3. The maximum absolute atomic E-state index is 13.4. The van der Waals surface area contributed by atoms with Crippen LogP contribution in [0, 0.1) is 11.6 Å². The van der Waals surface area contributed by atoms with Crippen LogP contribution < -0.4 is 16.2 Å². The summed E-state index contributed by atoms with van der Waals surface area (Å²) in [7, 11) is 0. The lowest BCUT2D eigenvalue weighted by molar-refractivity contribution is 0.0997. The highest BCUT2D eigenvalue weighted by Crippen LogP contribution is 2.26. The van der Waals surface area contributed by atoms with E-state index in [-0.39, 0.29) is 22.9 Å². The third kappa shape index (κ3) is 2.76. The smallest absolute Gasteiger partial charge is 0.254 e. The van der Waals surface area contributed by atoms with Crippen LogP contribution in [0.1, 0.15) is 10.4 Å². The van der Waals surface area contributed by atoms with Gasteiger partial charge < -0.3 is 16.2 Å². The third-order valence-electron chi connectivity index (χ3n) is 2.24. The molecule has 1 heterocycles. The van der Waals surface area contributed by atoms with E-state index >= 15 is 0 Å². The number of ether oxygens (including phenoxy) is 1. The molecule has 1 aromatic carbocycles. The van der Waals surface area contributed by atoms with Crippen molar-refractivity contribution in [1.29, 1.82) is 0 Å². The normalized spacial score (nSPS) is 10.2. The maximum atomic E-state index is 13.4. The summed E-state index contributed by atoms with van der Waals surface area (Å²) in [5.41, 5.74) is 10.7. The standard InChI is InChI=1S/C12H9F2N3O2/c13-6-1-2-10(9(14)3-6)19-12-8(11(16)18)4-7(15)5-17-12/h1-5H,15H2,(H2,16,18). The van der Waals surface area contributed by atoms with Gasteiger partial charge >= 0.3 is 0 Å². The predicted molar refractivity (Wildman–Crippen MR) is 63.6 cm³/mol. The lowest BCUT2D eigenvalue weighted by Gasteiger charge is -2.09. The van der Waals surface area contributed by atoms with E-state index in [0.717, 1.165) is 12.1 Å². The quantitative estimate of drug-likeness (QED) is 0.885. The summed E-state index contributed by atoms with van der Waals surface area (Å²) in [6, 6.07) is 4.00. The van der Waals surface area contributed by atoms with Crippen LogP contribution in [0.5, 0.6) is 11.6 Å². The highest BCUT2D eigenvalue weighted by Gasteiger charge is 2.14. The van der Waals surface area contributed by atoms with Crippen molar-refractivity contribution < 1.29 is 18.3 Å². The SMILES string of the molecule is NC(=O)c1cc(N)cnc1Oc1ccc(F)cc1F. The van der Waals surface area contributed by atoms with Crippen molar-refractivity contribution in [3.63, 3.8) is 0 Å². The molecule has 0 saturated carbocycles. The van der Waals surface area contributed by atoms with Gasteiger partial charge in [-0.05, 0) is 18.2 Å². The van der Waals surface area contributed by atoms with Crippen LogP contribution in [0.25, 0.3) is 0 Å². The largest absolute Gasteiger partial charge is 0.435 e. The number of anilines is 1. The second-order valence-electron chi connectivity index (χ2n) is 3.66. The Balaban J connectivity index is 2.40. The molecule has 4 N–H and O–H groups in total. The Kier molecular flexibility index (Phi) is 3.28. The molecule has 2 rings (SSSR count). The molecule has 0 bridgehead atoms. The molecule has 5 nitrogen and oxygen atoms in total. The van der Waals surface area contributed by atoms with Crippen LogP contribution in [-0.4, -0.2) is 10.9 Å². The average molecular weight is 265 g/mol. The number of nitrogens with two attached hydrogens (primary N) is 2. The van der Waals surface area contributed by atoms with E-state index in [1.165, 1.54) is 12.3 Å². The molecule has 0 aliphatic heterocycles. The zero-order valence-electron chi connectivity index (χ0n) is 9.56. The van der Waals surface area contributed by atoms with Gasteiger partial charge in [0.1, 0.15) is 11.4 Å². The van der Waals surface area contributed by atoms with Gasteiger partial charge in [-0.25, -0.2) is 13.8 Å². The Morgan fingerprint density at radius 3 is 2.63 bits per heavy atom. The lowest BCUT2D eigenvalue weighted by atomic mass is 10.2. The fraction of sp³-hybridized carbons (Fsp3) is 0. The van der Waals surface area contributed by atoms with Gasteiger partial charge in [0, 0.05) is 6.07 Å². The minimum absolute atomic E-state index is 0.0938. The minimum Gasteiger partial charge on any atom is -0.435 e. The minimum atomic E-state index is -0.922. The number of carbonyl (C=O) groups excluding carboxylic acids is 1. The Morgan fingerprint density at radius 2 is 2.00 bits per heavy atom. The van der Waals surface area contributed by atoms with Gasteiger partial charge in [0.15, 0.2) is 11.6 Å². The van der Waals surface area contributed by atoms with E-state index in [2.05, 4.69) is 4.98 Å². The van der Waals surface area contributed by atoms with Crippen LogP contribution in [0.3, 0.4) is 0 Å². The molecule has 0 spiro atoms. The molecule has 0 radical (unpaired) electrons. The van der Waals surface area contributed by atoms with Gasteiger partial charge in [-0.3, -0.25) is 4.79 Å². The van der Waals surface area contributed by atoms with Crippen molar-refractivity contribution in [2.75, 3.05) is 5.73 Å². The molecule has 0 aliphatic rings. The van der Waals surface area contributed by atoms with Crippen molar-refractivity contribution in [1.82, 2.24) is 4.98 Å². The van der Waals surface area contributed by atoms with Gasteiger partial charge in [0.25, 0.3) is 5.91 Å². The van der Waals surface area contributed by atoms with Crippen LogP contribution in [0.4, 0.5) is 14.5 Å². The molecule has 0 aliphatic carbocycles. The van der Waals surface area contributed by atoms with Crippen LogP contribution in [-0.2, 0) is 0 Å². The number of nitrogens with zero attached hydrogens (tertiary/aromatic N) is 1. The van der Waals surface area contributed by atoms with Crippen molar-refractivity contribution in [2.45, 2.75) is 0 Å². The number of hydrogen-bond acceptors (Lipinski definition) is 4. The average Bonchev–Trinajstić information content (AvgIpc) is 2.34. The fourth-order valence-electron chi connectivity index (χ4n) is 1.39. The molecule has 2 aromatic rings. The number of nitrogen functional groups attached to an aromatic ring is 1. The van der Waals surface area contributed by atoms with E-state index in [0.29, 0.717) is 6.07 Å². The number of carbonyl (C=O) groups is 1. The maximum Gasteiger partial charge on any atom is 0.254 e. The molecule has 0 fully saturated rings. The molecular formula is C12H9F2N3O2. The first-order valence-corrected chi connectivity index (χ1v) is 5.15. The number of benzene rings is 1. The Morgan fingerprint density at radius 1 is 1.26 bits per heavy atom. The van der Waals surface area contributed by atoms with Crippen LogP contribution in [0.2, 0.25) is 0 Å². The third-order valence-corrected chi connectivity index (χ3v) is 2.24. The zero-order chi connectivity index (χ0) is 14.0. The summed E-state index contributed by atoms with van der Waals surface area (Å²) in [6.07, 6.45) is 1.23. The molecule has 0 saturated heterocycles. The van der Waals surface area contributed by atoms with Crippen molar-refractivity contribution in [2.24, 2.45) is 5.73 Å². The highest BCUT2D eigenvalue weighted by atomic mass is 19.1. The number of amides is 1. The first kappa shape index (κ1) is 12.7. The van der Waals surface area contributed by atoms with E-state index in [1.54, 1.807) is 0 Å². The van der Waals surface area contributed by atoms with Gasteiger partial charge in [-0.15, -0.1) is 0 Å². The second kappa shape index (κ2) is 4.89. The first-order valence-electron chi connectivity index (χ1n) is 5.15. The Bertz CT molecular complexity index is 647. The van der Waals surface area contributed by atoms with Gasteiger partial charge in [-0.2, -0.15) is 0 Å². The van der Waals surface area contributed by atoms with Gasteiger partial charge in [0.2, 0.25) is 5.88 Å². The van der Waals surface area contributed by atoms with Gasteiger partial charge in [-0.1, -0.05) is 0 Å². The molecule has 98 valence electrons. The molecule has 0 unspecified atom stereocenters. The molecular weight excluding hydrogens is 256 g/mol. The first-order chi connectivity index (χ1) is 8.97. The topological polar surface area (TPSA) is 91.2 Å². The lowest BCUT2D eigenvalue weighted by Crippen LogP contribution is -2.13. The van der Waals surface area contributed by atoms with Crippen LogP contribution >= 0.6 is 0 Å². The van der Waals surface area contributed by atoms with E-state index in [4.69, 9.17) is 16.2 Å². The molecule has 19 heavy (non-hydrogen) atoms. The summed E-state index contributed by atoms with van der Waals surface area (Å²) in [6.45, 7) is 0. The van der Waals surface area contributed by atoms with Crippen molar-refractivity contribution in [3.8, 4) is 11.6 Å². The summed E-state index contributed by atoms with van der Waals surface area (Å²) < 4.78 is 31.3. The monoisotopic (exact) mass is 265 g/mol. The van der Waals surface area contributed by atoms with Crippen molar-refractivity contribution in [3.05, 3.63) is 47.7 Å². The van der Waals surface area contributed by atoms with E-state index in [1.807, 2.05) is 0 Å². The predicted octanol–water partition coefficient (Wildman–Crippen LogP) is 1.83. The highest BCUT2D eigenvalue weighted by molar-refractivity contribution is 5.95. The fourth-order valence-corrected chi connectivity index (χ4v) is 1.39. The summed E-state index contributed by atoms with van der Waals surface area (Å²) in [5, 5.41) is 0. The Hall–Kier alpha value is -2.70. The Labute approximate surface area is 106 Å². The van der Waals surface area contributed by atoms with Gasteiger partial charge in [0.05, 0.1) is 11.9 Å². The molecule has 1 amide bonds. The van der Waals surface area contributed by atoms with E-state index in [9.17, 15) is 13.6 Å².